The van der Waals surface area contributed by atoms with Gasteiger partial charge in [0.1, 0.15) is 0 Å². The molecule has 0 rings (SSSR count). The minimum atomic E-state index is -4.50. The zero-order chi connectivity index (χ0) is 17.6. The predicted octanol–water partition coefficient (Wildman–Crippen LogP) is 2.78. The molecule has 1 amide bonds. The van der Waals surface area contributed by atoms with Crippen molar-refractivity contribution in [3.63, 3.8) is 0 Å². The Labute approximate surface area is 130 Å². The summed E-state index contributed by atoms with van der Waals surface area (Å²) in [6.45, 7) is 9.54. The summed E-state index contributed by atoms with van der Waals surface area (Å²) in [5.74, 6) is -0.857. The van der Waals surface area contributed by atoms with Crippen molar-refractivity contribution >= 4 is 5.91 Å². The molecule has 3 unspecified atom stereocenters. The van der Waals surface area contributed by atoms with Gasteiger partial charge in [0.15, 0.2) is 0 Å². The summed E-state index contributed by atoms with van der Waals surface area (Å²) in [5.41, 5.74) is 4.99. The van der Waals surface area contributed by atoms with Crippen LogP contribution in [0, 0.1) is 5.92 Å². The monoisotopic (exact) mass is 324 g/mol. The molecule has 0 aromatic rings. The molecule has 7 heteroatoms. The quantitative estimate of drug-likeness (QED) is 0.675. The molecule has 0 aliphatic heterocycles. The van der Waals surface area contributed by atoms with Crippen LogP contribution in [0.3, 0.4) is 0 Å². The third-order valence-electron chi connectivity index (χ3n) is 3.44. The number of hydrogen-bond acceptors (Lipinski definition) is 3. The van der Waals surface area contributed by atoms with E-state index in [1.54, 1.807) is 13.8 Å². The SMILES string of the molecule is CC(N)CC(C)OCC(C)C(C)(C)NC(=O)C=CC(F)(F)F. The van der Waals surface area contributed by atoms with E-state index in [1.165, 1.54) is 0 Å². The van der Waals surface area contributed by atoms with Gasteiger partial charge in [0.2, 0.25) is 5.91 Å². The predicted molar refractivity (Wildman–Crippen MR) is 80.3 cm³/mol. The lowest BCUT2D eigenvalue weighted by Gasteiger charge is -2.33. The fourth-order valence-electron chi connectivity index (χ4n) is 1.76. The molecular formula is C15H27F3N2O2. The van der Waals surface area contributed by atoms with Gasteiger partial charge in [0.05, 0.1) is 12.7 Å². The number of allylic oxidation sites excluding steroid dienone is 1. The molecule has 0 aromatic carbocycles. The molecule has 0 heterocycles. The lowest BCUT2D eigenvalue weighted by atomic mass is 9.89. The highest BCUT2D eigenvalue weighted by molar-refractivity contribution is 5.88. The number of alkyl halides is 3. The summed E-state index contributed by atoms with van der Waals surface area (Å²) >= 11 is 0. The lowest BCUT2D eigenvalue weighted by Crippen LogP contribution is -2.49. The summed E-state index contributed by atoms with van der Waals surface area (Å²) in [6.07, 6.45) is -3.38. The number of nitrogens with one attached hydrogen (secondary N) is 1. The highest BCUT2D eigenvalue weighted by Gasteiger charge is 2.29. The van der Waals surface area contributed by atoms with E-state index in [2.05, 4.69) is 5.32 Å². The van der Waals surface area contributed by atoms with Gasteiger partial charge in [-0.15, -0.1) is 0 Å². The second kappa shape index (κ2) is 8.53. The number of amides is 1. The van der Waals surface area contributed by atoms with Crippen molar-refractivity contribution in [1.29, 1.82) is 0 Å². The number of hydrogen-bond donors (Lipinski definition) is 2. The van der Waals surface area contributed by atoms with E-state index in [1.807, 2.05) is 20.8 Å². The van der Waals surface area contributed by atoms with Gasteiger partial charge in [-0.2, -0.15) is 13.2 Å². The van der Waals surface area contributed by atoms with Crippen LogP contribution in [-0.2, 0) is 9.53 Å². The van der Waals surface area contributed by atoms with Crippen molar-refractivity contribution < 1.29 is 22.7 Å². The van der Waals surface area contributed by atoms with Crippen LogP contribution in [0.5, 0.6) is 0 Å². The van der Waals surface area contributed by atoms with Crippen LogP contribution >= 0.6 is 0 Å². The first kappa shape index (κ1) is 20.9. The molecule has 0 fully saturated rings. The van der Waals surface area contributed by atoms with Crippen molar-refractivity contribution in [2.45, 2.75) is 64.9 Å². The fraction of sp³-hybridized carbons (Fsp3) is 0.800. The molecule has 0 aliphatic carbocycles. The summed E-state index contributed by atoms with van der Waals surface area (Å²) in [5, 5.41) is 2.56. The molecule has 3 atom stereocenters. The average molecular weight is 324 g/mol. The van der Waals surface area contributed by atoms with Crippen LogP contribution in [-0.4, -0.2) is 36.4 Å². The van der Waals surface area contributed by atoms with Crippen LogP contribution in [0.2, 0.25) is 0 Å². The van der Waals surface area contributed by atoms with E-state index in [0.717, 1.165) is 0 Å². The largest absolute Gasteiger partial charge is 0.409 e. The normalized spacial score (nSPS) is 17.3. The van der Waals surface area contributed by atoms with Crippen molar-refractivity contribution in [2.24, 2.45) is 11.7 Å². The van der Waals surface area contributed by atoms with Crippen LogP contribution in [0.1, 0.15) is 41.0 Å². The Balaban J connectivity index is 4.41. The van der Waals surface area contributed by atoms with Crippen LogP contribution in [0.15, 0.2) is 12.2 Å². The Morgan fingerprint density at radius 3 is 2.27 bits per heavy atom. The Kier molecular flexibility index (Phi) is 8.11. The Bertz CT molecular complexity index is 379. The Morgan fingerprint density at radius 1 is 1.27 bits per heavy atom. The highest BCUT2D eigenvalue weighted by Crippen LogP contribution is 2.19. The maximum absolute atomic E-state index is 12.0. The second-order valence-corrected chi connectivity index (χ2v) is 6.34. The van der Waals surface area contributed by atoms with Gasteiger partial charge in [-0.25, -0.2) is 0 Å². The minimum absolute atomic E-state index is 0.0147. The zero-order valence-corrected chi connectivity index (χ0v) is 13.8. The molecule has 3 N–H and O–H groups in total. The third kappa shape index (κ3) is 9.78. The fourth-order valence-corrected chi connectivity index (χ4v) is 1.76. The first-order chi connectivity index (χ1) is 9.83. The van der Waals surface area contributed by atoms with Crippen molar-refractivity contribution in [1.82, 2.24) is 5.32 Å². The van der Waals surface area contributed by atoms with E-state index < -0.39 is 17.6 Å². The van der Waals surface area contributed by atoms with Crippen molar-refractivity contribution in [3.8, 4) is 0 Å². The molecule has 4 nitrogen and oxygen atoms in total. The van der Waals surface area contributed by atoms with Gasteiger partial charge >= 0.3 is 6.18 Å². The highest BCUT2D eigenvalue weighted by atomic mass is 19.4. The van der Waals surface area contributed by atoms with Crippen LogP contribution in [0.25, 0.3) is 0 Å². The number of rotatable bonds is 8. The van der Waals surface area contributed by atoms with E-state index >= 15 is 0 Å². The first-order valence-electron chi connectivity index (χ1n) is 7.28. The van der Waals surface area contributed by atoms with Crippen LogP contribution < -0.4 is 11.1 Å². The standard InChI is InChI=1S/C15H27F3N2O2/c1-10(9-22-12(3)8-11(2)19)14(4,5)20-13(21)6-7-15(16,17)18/h6-7,10-12H,8-9,19H2,1-5H3,(H,20,21). The van der Waals surface area contributed by atoms with Crippen molar-refractivity contribution in [3.05, 3.63) is 12.2 Å². The summed E-state index contributed by atoms with van der Waals surface area (Å²) in [4.78, 5) is 11.5. The minimum Gasteiger partial charge on any atom is -0.378 e. The van der Waals surface area contributed by atoms with E-state index in [9.17, 15) is 18.0 Å². The number of carbonyl (C=O) groups excluding carboxylic acids is 1. The molecule has 0 aliphatic rings. The summed E-state index contributed by atoms with van der Waals surface area (Å²) in [7, 11) is 0. The van der Waals surface area contributed by atoms with Gasteiger partial charge in [0.25, 0.3) is 0 Å². The number of nitrogens with two attached hydrogens (primary N) is 1. The molecule has 130 valence electrons. The van der Waals surface area contributed by atoms with Crippen molar-refractivity contribution in [2.75, 3.05) is 6.61 Å². The Hall–Kier alpha value is -1.08. The van der Waals surface area contributed by atoms with E-state index in [-0.39, 0.29) is 24.1 Å². The third-order valence-corrected chi connectivity index (χ3v) is 3.44. The number of ether oxygens (including phenoxy) is 1. The van der Waals surface area contributed by atoms with Gasteiger partial charge in [-0.05, 0) is 34.1 Å². The molecule has 0 saturated carbocycles. The second-order valence-electron chi connectivity index (χ2n) is 6.34. The topological polar surface area (TPSA) is 64.3 Å². The average Bonchev–Trinajstić information content (AvgIpc) is 2.31. The maximum atomic E-state index is 12.0. The zero-order valence-electron chi connectivity index (χ0n) is 13.8. The lowest BCUT2D eigenvalue weighted by molar-refractivity contribution is -0.119. The smallest absolute Gasteiger partial charge is 0.378 e. The summed E-state index contributed by atoms with van der Waals surface area (Å²) < 4.78 is 41.7. The Morgan fingerprint density at radius 2 is 1.82 bits per heavy atom. The molecule has 0 bridgehead atoms. The first-order valence-corrected chi connectivity index (χ1v) is 7.28. The molecule has 0 spiro atoms. The number of halogens is 3. The van der Waals surface area contributed by atoms with Gasteiger partial charge in [0, 0.05) is 29.7 Å². The summed E-state index contributed by atoms with van der Waals surface area (Å²) in [6, 6.07) is 0.0329. The van der Waals surface area contributed by atoms with Gasteiger partial charge < -0.3 is 15.8 Å². The molecular weight excluding hydrogens is 297 g/mol. The van der Waals surface area contributed by atoms with Crippen LogP contribution in [0.4, 0.5) is 13.2 Å². The van der Waals surface area contributed by atoms with Gasteiger partial charge in [-0.3, -0.25) is 4.79 Å². The van der Waals surface area contributed by atoms with Gasteiger partial charge in [-0.1, -0.05) is 6.92 Å². The molecule has 0 radical (unpaired) electrons. The number of carbonyl (C=O) groups is 1. The van der Waals surface area contributed by atoms with E-state index in [4.69, 9.17) is 10.5 Å². The van der Waals surface area contributed by atoms with E-state index in [0.29, 0.717) is 19.1 Å². The molecule has 0 aromatic heterocycles. The molecule has 22 heavy (non-hydrogen) atoms. The maximum Gasteiger partial charge on any atom is 0.409 e. The molecule has 0 saturated heterocycles.